The van der Waals surface area contributed by atoms with Crippen molar-refractivity contribution < 1.29 is 22.7 Å². The van der Waals surface area contributed by atoms with E-state index < -0.39 is 17.7 Å². The Bertz CT molecular complexity index is 621. The van der Waals surface area contributed by atoms with Gasteiger partial charge in [-0.1, -0.05) is 18.2 Å². The molecule has 2 aromatic rings. The lowest BCUT2D eigenvalue weighted by molar-refractivity contribution is -0.263. The molecule has 0 radical (unpaired) electrons. The summed E-state index contributed by atoms with van der Waals surface area (Å²) in [4.78, 5) is 14.1. The molecule has 19 heavy (non-hydrogen) atoms. The molecule has 102 valence electrons. The van der Waals surface area contributed by atoms with Gasteiger partial charge in [0.2, 0.25) is 0 Å². The van der Waals surface area contributed by atoms with E-state index in [1.807, 2.05) is 0 Å². The van der Waals surface area contributed by atoms with Gasteiger partial charge >= 0.3 is 6.18 Å². The molecule has 1 unspecified atom stereocenters. The van der Waals surface area contributed by atoms with Crippen LogP contribution in [0.2, 0.25) is 0 Å². The van der Waals surface area contributed by atoms with E-state index in [0.717, 1.165) is 13.3 Å². The fourth-order valence-corrected chi connectivity index (χ4v) is 2.11. The van der Waals surface area contributed by atoms with Crippen molar-refractivity contribution in [1.29, 1.82) is 0 Å². The highest BCUT2D eigenvalue weighted by Crippen LogP contribution is 2.44. The number of amides is 1. The number of primary amides is 1. The van der Waals surface area contributed by atoms with Gasteiger partial charge in [0.05, 0.1) is 0 Å². The Balaban J connectivity index is 2.79. The maximum Gasteiger partial charge on any atom is 0.431 e. The normalized spacial score (nSPS) is 15.4. The maximum atomic E-state index is 13.3. The number of H-pyrrole nitrogens is 1. The van der Waals surface area contributed by atoms with E-state index >= 15 is 0 Å². The molecule has 0 spiro atoms. The molecule has 7 heteroatoms. The summed E-state index contributed by atoms with van der Waals surface area (Å²) >= 11 is 0. The van der Waals surface area contributed by atoms with Gasteiger partial charge in [0, 0.05) is 29.8 Å². The molecule has 0 aliphatic heterocycles. The molecule has 3 N–H and O–H groups in total. The Hall–Kier alpha value is -2.02. The first-order valence-corrected chi connectivity index (χ1v) is 5.33. The molecule has 4 nitrogen and oxygen atoms in total. The van der Waals surface area contributed by atoms with E-state index in [4.69, 9.17) is 5.73 Å². The summed E-state index contributed by atoms with van der Waals surface area (Å²) in [6.45, 7) is 0. The number of aromatic nitrogens is 1. The van der Waals surface area contributed by atoms with Crippen LogP contribution in [0.25, 0.3) is 10.9 Å². The van der Waals surface area contributed by atoms with Gasteiger partial charge in [0.1, 0.15) is 0 Å². The van der Waals surface area contributed by atoms with Gasteiger partial charge in [-0.15, -0.1) is 0 Å². The molecule has 0 aliphatic carbocycles. The minimum absolute atomic E-state index is 0.237. The molecule has 0 aliphatic rings. The number of alkyl halides is 3. The van der Waals surface area contributed by atoms with E-state index in [1.165, 1.54) is 6.07 Å². The highest BCUT2D eigenvalue weighted by atomic mass is 19.4. The van der Waals surface area contributed by atoms with Crippen molar-refractivity contribution in [2.75, 3.05) is 7.11 Å². The van der Waals surface area contributed by atoms with Crippen molar-refractivity contribution in [1.82, 2.24) is 4.98 Å². The molecule has 0 bridgehead atoms. The molecule has 1 heterocycles. The molecule has 1 aromatic heterocycles. The van der Waals surface area contributed by atoms with E-state index in [-0.39, 0.29) is 10.9 Å². The second kappa shape index (κ2) is 4.27. The van der Waals surface area contributed by atoms with Crippen molar-refractivity contribution in [3.63, 3.8) is 0 Å². The van der Waals surface area contributed by atoms with Gasteiger partial charge in [-0.25, -0.2) is 0 Å². The third-order valence-corrected chi connectivity index (χ3v) is 3.02. The predicted octanol–water partition coefficient (Wildman–Crippen LogP) is 2.06. The number of hydrogen-bond donors (Lipinski definition) is 2. The van der Waals surface area contributed by atoms with E-state index in [0.29, 0.717) is 5.52 Å². The second-order valence-corrected chi connectivity index (χ2v) is 4.00. The number of nitrogens with two attached hydrogens (primary N) is 1. The molecular formula is C12H11F3N2O2. The van der Waals surface area contributed by atoms with Gasteiger partial charge < -0.3 is 15.5 Å². The van der Waals surface area contributed by atoms with Crippen LogP contribution < -0.4 is 5.73 Å². The minimum Gasteiger partial charge on any atom is -0.367 e. The molecule has 1 aromatic carbocycles. The summed E-state index contributed by atoms with van der Waals surface area (Å²) in [5.74, 6) is -1.60. The lowest BCUT2D eigenvalue weighted by Crippen LogP contribution is -2.54. The number of fused-ring (bicyclic) bond motifs is 1. The van der Waals surface area contributed by atoms with Crippen LogP contribution in [0.5, 0.6) is 0 Å². The van der Waals surface area contributed by atoms with Crippen molar-refractivity contribution >= 4 is 16.8 Å². The Morgan fingerprint density at radius 2 is 1.95 bits per heavy atom. The molecule has 0 fully saturated rings. The van der Waals surface area contributed by atoms with E-state index in [1.54, 1.807) is 18.2 Å². The third kappa shape index (κ3) is 1.77. The maximum absolute atomic E-state index is 13.3. The first kappa shape index (κ1) is 13.4. The van der Waals surface area contributed by atoms with Crippen molar-refractivity contribution in [3.05, 3.63) is 36.0 Å². The highest BCUT2D eigenvalue weighted by Gasteiger charge is 2.62. The number of methoxy groups -OCH3 is 1. The Morgan fingerprint density at radius 1 is 1.32 bits per heavy atom. The van der Waals surface area contributed by atoms with Gasteiger partial charge in [-0.3, -0.25) is 4.79 Å². The fourth-order valence-electron chi connectivity index (χ4n) is 2.11. The minimum atomic E-state index is -4.96. The highest BCUT2D eigenvalue weighted by molar-refractivity contribution is 5.94. The van der Waals surface area contributed by atoms with Crippen molar-refractivity contribution in [3.8, 4) is 0 Å². The molecule has 1 atom stereocenters. The van der Waals surface area contributed by atoms with Crippen LogP contribution in [0.15, 0.2) is 30.5 Å². The van der Waals surface area contributed by atoms with Gasteiger partial charge in [0.15, 0.2) is 0 Å². The number of aromatic amines is 1. The van der Waals surface area contributed by atoms with Crippen LogP contribution in [0.3, 0.4) is 0 Å². The van der Waals surface area contributed by atoms with Crippen LogP contribution in [-0.4, -0.2) is 24.2 Å². The zero-order chi connectivity index (χ0) is 14.3. The van der Waals surface area contributed by atoms with Gasteiger partial charge in [0.25, 0.3) is 11.5 Å². The number of nitrogens with one attached hydrogen (secondary N) is 1. The number of carbonyl (C=O) groups is 1. The smallest absolute Gasteiger partial charge is 0.367 e. The summed E-state index contributed by atoms with van der Waals surface area (Å²) in [5, 5.41) is 0.237. The average Bonchev–Trinajstić information content (AvgIpc) is 2.73. The first-order valence-electron chi connectivity index (χ1n) is 5.33. The lowest BCUT2D eigenvalue weighted by atomic mass is 9.91. The Labute approximate surface area is 106 Å². The summed E-state index contributed by atoms with van der Waals surface area (Å²) in [6.07, 6.45) is -3.87. The van der Waals surface area contributed by atoms with E-state index in [2.05, 4.69) is 9.72 Å². The molecule has 1 amide bonds. The average molecular weight is 272 g/mol. The van der Waals surface area contributed by atoms with Crippen molar-refractivity contribution in [2.24, 2.45) is 5.73 Å². The Morgan fingerprint density at radius 3 is 2.47 bits per heavy atom. The van der Waals surface area contributed by atoms with Crippen LogP contribution >= 0.6 is 0 Å². The summed E-state index contributed by atoms with van der Waals surface area (Å²) < 4.78 is 44.3. The molecular weight excluding hydrogens is 261 g/mol. The third-order valence-electron chi connectivity index (χ3n) is 3.02. The van der Waals surface area contributed by atoms with Gasteiger partial charge in [-0.2, -0.15) is 13.2 Å². The zero-order valence-electron chi connectivity index (χ0n) is 9.91. The zero-order valence-corrected chi connectivity index (χ0v) is 9.91. The monoisotopic (exact) mass is 272 g/mol. The largest absolute Gasteiger partial charge is 0.431 e. The molecule has 0 saturated heterocycles. The standard InChI is InChI=1S/C12H11F3N2O2/c1-19-11(10(16)18,12(13,14)15)8-6-17-9-5-3-2-4-7(8)9/h2-6,17H,1H3,(H2,16,18). The quantitative estimate of drug-likeness (QED) is 0.898. The lowest BCUT2D eigenvalue weighted by Gasteiger charge is -2.30. The van der Waals surface area contributed by atoms with Crippen LogP contribution in [0.1, 0.15) is 5.56 Å². The van der Waals surface area contributed by atoms with Gasteiger partial charge in [-0.05, 0) is 6.07 Å². The van der Waals surface area contributed by atoms with Crippen LogP contribution in [0, 0.1) is 0 Å². The first-order chi connectivity index (χ1) is 8.84. The molecule has 0 saturated carbocycles. The Kier molecular flexibility index (Phi) is 3.01. The second-order valence-electron chi connectivity index (χ2n) is 4.00. The van der Waals surface area contributed by atoms with Crippen molar-refractivity contribution in [2.45, 2.75) is 11.8 Å². The SMILES string of the molecule is COC(C(N)=O)(c1c[nH]c2ccccc12)C(F)(F)F. The number of hydrogen-bond acceptors (Lipinski definition) is 2. The summed E-state index contributed by atoms with van der Waals surface area (Å²) in [6, 6.07) is 6.28. The van der Waals surface area contributed by atoms with Crippen LogP contribution in [-0.2, 0) is 15.1 Å². The summed E-state index contributed by atoms with van der Waals surface area (Å²) in [7, 11) is 0.806. The number of carbonyl (C=O) groups excluding carboxylic acids is 1. The number of ether oxygens (including phenoxy) is 1. The van der Waals surface area contributed by atoms with E-state index in [9.17, 15) is 18.0 Å². The van der Waals surface area contributed by atoms with Crippen LogP contribution in [0.4, 0.5) is 13.2 Å². The topological polar surface area (TPSA) is 68.1 Å². The molecule has 2 rings (SSSR count). The number of rotatable bonds is 3. The predicted molar refractivity (Wildman–Crippen MR) is 62.2 cm³/mol. The summed E-state index contributed by atoms with van der Waals surface area (Å²) in [5.41, 5.74) is 1.91. The number of para-hydroxylation sites is 1. The fraction of sp³-hybridized carbons (Fsp3) is 0.250. The number of halogens is 3. The number of benzene rings is 1.